The van der Waals surface area contributed by atoms with E-state index in [-0.39, 0.29) is 36.4 Å². The number of carbonyl (C=O) groups excluding carboxylic acids is 2. The fourth-order valence-corrected chi connectivity index (χ4v) is 4.53. The van der Waals surface area contributed by atoms with Gasteiger partial charge in [-0.3, -0.25) is 9.69 Å². The quantitative estimate of drug-likeness (QED) is 0.549. The summed E-state index contributed by atoms with van der Waals surface area (Å²) in [6.07, 6.45) is 3.47. The van der Waals surface area contributed by atoms with Crippen LogP contribution in [0.5, 0.6) is 0 Å². The lowest BCUT2D eigenvalue weighted by Gasteiger charge is -2.14. The molecule has 0 bridgehead atoms. The van der Waals surface area contributed by atoms with E-state index in [9.17, 15) is 19.5 Å². The summed E-state index contributed by atoms with van der Waals surface area (Å²) in [6.45, 7) is 1.08. The Morgan fingerprint density at radius 2 is 1.74 bits per heavy atom. The largest absolute Gasteiger partial charge is 0.477 e. The van der Waals surface area contributed by atoms with Crippen LogP contribution < -0.4 is 10.2 Å². The molecule has 0 unspecified atom stereocenters. The number of hydrogen-bond donors (Lipinski definition) is 2. The van der Waals surface area contributed by atoms with Crippen LogP contribution in [0.15, 0.2) is 66.9 Å². The Kier molecular flexibility index (Phi) is 5.59. The molecule has 2 amide bonds. The number of aromatic nitrogens is 2. The van der Waals surface area contributed by atoms with Crippen LogP contribution in [0.2, 0.25) is 0 Å². The number of carbonyl (C=O) groups is 3. The minimum absolute atomic E-state index is 0.0176. The lowest BCUT2D eigenvalue weighted by atomic mass is 9.98. The standard InChI is InChI=1S/C25H22N4O5/c30-22(28-12-13-29-23(28)20(14-27-29)24(31)32)10-5-11-26-25(33)34-15-21-18-8-3-1-6-16(18)17-7-2-4-9-19(17)21/h1-10,14,21H,11-13,15H2,(H,26,33)(H,31,32)/b10-5+. The number of alkyl carbamates (subject to hydrolysis) is 1. The van der Waals surface area contributed by atoms with Crippen molar-refractivity contribution in [1.82, 2.24) is 15.1 Å². The van der Waals surface area contributed by atoms with Crippen LogP contribution >= 0.6 is 0 Å². The van der Waals surface area contributed by atoms with E-state index in [4.69, 9.17) is 4.74 Å². The maximum Gasteiger partial charge on any atom is 0.407 e. The van der Waals surface area contributed by atoms with E-state index < -0.39 is 12.1 Å². The minimum Gasteiger partial charge on any atom is -0.477 e. The van der Waals surface area contributed by atoms with Crippen LogP contribution in [-0.2, 0) is 16.1 Å². The van der Waals surface area contributed by atoms with Crippen LogP contribution in [-0.4, -0.2) is 52.6 Å². The zero-order valence-corrected chi connectivity index (χ0v) is 18.2. The number of rotatable bonds is 6. The molecule has 0 saturated carbocycles. The third-order valence-corrected chi connectivity index (χ3v) is 6.07. The van der Waals surface area contributed by atoms with Gasteiger partial charge in [-0.1, -0.05) is 54.6 Å². The van der Waals surface area contributed by atoms with E-state index >= 15 is 0 Å². The Morgan fingerprint density at radius 1 is 1.06 bits per heavy atom. The van der Waals surface area contributed by atoms with E-state index in [2.05, 4.69) is 34.7 Å². The second-order valence-electron chi connectivity index (χ2n) is 8.01. The van der Waals surface area contributed by atoms with Crippen molar-refractivity contribution in [2.24, 2.45) is 0 Å². The molecule has 0 fully saturated rings. The van der Waals surface area contributed by atoms with Crippen LogP contribution in [0.3, 0.4) is 0 Å². The third-order valence-electron chi connectivity index (χ3n) is 6.07. The zero-order valence-electron chi connectivity index (χ0n) is 18.2. The summed E-state index contributed by atoms with van der Waals surface area (Å²) in [5.41, 5.74) is 4.56. The molecule has 0 radical (unpaired) electrons. The highest BCUT2D eigenvalue weighted by Crippen LogP contribution is 2.44. The fourth-order valence-electron chi connectivity index (χ4n) is 4.53. The van der Waals surface area contributed by atoms with Gasteiger partial charge in [0.15, 0.2) is 0 Å². The SMILES string of the molecule is O=C(NC/C=C/C(=O)N1CCn2ncc(C(=O)O)c21)OCC1c2ccccc2-c2ccccc21. The second kappa shape index (κ2) is 8.86. The molecular weight excluding hydrogens is 436 g/mol. The summed E-state index contributed by atoms with van der Waals surface area (Å²) in [5.74, 6) is -1.27. The van der Waals surface area contributed by atoms with Crippen LogP contribution in [0, 0.1) is 0 Å². The molecule has 2 aliphatic rings. The van der Waals surface area contributed by atoms with E-state index in [1.807, 2.05) is 24.3 Å². The number of aromatic carboxylic acids is 1. The Morgan fingerprint density at radius 3 is 2.41 bits per heavy atom. The first-order valence-corrected chi connectivity index (χ1v) is 10.9. The molecule has 172 valence electrons. The molecule has 9 nitrogen and oxygen atoms in total. The van der Waals surface area contributed by atoms with Gasteiger partial charge in [0, 0.05) is 25.1 Å². The summed E-state index contributed by atoms with van der Waals surface area (Å²) < 4.78 is 6.96. The Balaban J connectivity index is 1.15. The topological polar surface area (TPSA) is 114 Å². The average Bonchev–Trinajstić information content (AvgIpc) is 3.52. The number of fused-ring (bicyclic) bond motifs is 4. The Labute approximate surface area is 195 Å². The van der Waals surface area contributed by atoms with Crippen LogP contribution in [0.4, 0.5) is 10.6 Å². The van der Waals surface area contributed by atoms with Crippen molar-refractivity contribution in [3.05, 3.63) is 83.6 Å². The summed E-state index contributed by atoms with van der Waals surface area (Å²) in [7, 11) is 0. The number of hydrogen-bond acceptors (Lipinski definition) is 5. The Hall–Kier alpha value is -4.40. The van der Waals surface area contributed by atoms with Gasteiger partial charge in [0.25, 0.3) is 5.91 Å². The summed E-state index contributed by atoms with van der Waals surface area (Å²) >= 11 is 0. The van der Waals surface area contributed by atoms with Gasteiger partial charge in [0.05, 0.1) is 12.7 Å². The molecule has 9 heteroatoms. The number of carboxylic acids is 1. The number of nitrogens with zero attached hydrogens (tertiary/aromatic N) is 3. The molecule has 0 spiro atoms. The van der Waals surface area contributed by atoms with Crippen molar-refractivity contribution in [3.8, 4) is 11.1 Å². The van der Waals surface area contributed by atoms with Crippen molar-refractivity contribution in [2.75, 3.05) is 24.6 Å². The van der Waals surface area contributed by atoms with Crippen molar-refractivity contribution < 1.29 is 24.2 Å². The minimum atomic E-state index is -1.14. The highest BCUT2D eigenvalue weighted by atomic mass is 16.5. The van der Waals surface area contributed by atoms with E-state index in [0.29, 0.717) is 13.1 Å². The highest BCUT2D eigenvalue weighted by Gasteiger charge is 2.31. The van der Waals surface area contributed by atoms with Crippen molar-refractivity contribution in [1.29, 1.82) is 0 Å². The van der Waals surface area contributed by atoms with E-state index in [0.717, 1.165) is 22.3 Å². The number of ether oxygens (including phenoxy) is 1. The van der Waals surface area contributed by atoms with Gasteiger partial charge in [0.1, 0.15) is 18.0 Å². The van der Waals surface area contributed by atoms with Crippen molar-refractivity contribution in [3.63, 3.8) is 0 Å². The third kappa shape index (κ3) is 3.81. The number of nitrogens with one attached hydrogen (secondary N) is 1. The van der Waals surface area contributed by atoms with Crippen molar-refractivity contribution >= 4 is 23.8 Å². The molecule has 5 rings (SSSR count). The summed E-state index contributed by atoms with van der Waals surface area (Å²) in [5, 5.41) is 15.9. The number of carboxylic acid groups (broad SMARTS) is 1. The average molecular weight is 458 g/mol. The predicted molar refractivity (Wildman–Crippen MR) is 124 cm³/mol. The van der Waals surface area contributed by atoms with E-state index in [1.165, 1.54) is 27.9 Å². The van der Waals surface area contributed by atoms with Crippen LogP contribution in [0.1, 0.15) is 27.4 Å². The first-order chi connectivity index (χ1) is 16.5. The first kappa shape index (κ1) is 21.4. The number of amides is 2. The van der Waals surface area contributed by atoms with Crippen molar-refractivity contribution in [2.45, 2.75) is 12.5 Å². The fraction of sp³-hybridized carbons (Fsp3) is 0.200. The zero-order chi connectivity index (χ0) is 23.7. The van der Waals surface area contributed by atoms with Gasteiger partial charge in [-0.25, -0.2) is 14.3 Å². The molecule has 2 heterocycles. The maximum absolute atomic E-state index is 12.5. The van der Waals surface area contributed by atoms with Gasteiger partial charge in [0.2, 0.25) is 0 Å². The second-order valence-corrected chi connectivity index (χ2v) is 8.01. The number of benzene rings is 2. The Bertz CT molecular complexity index is 1270. The van der Waals surface area contributed by atoms with E-state index in [1.54, 1.807) is 0 Å². The molecule has 1 aromatic heterocycles. The van der Waals surface area contributed by atoms with Crippen LogP contribution in [0.25, 0.3) is 11.1 Å². The predicted octanol–water partition coefficient (Wildman–Crippen LogP) is 3.02. The first-order valence-electron chi connectivity index (χ1n) is 10.9. The van der Waals surface area contributed by atoms with Gasteiger partial charge < -0.3 is 15.2 Å². The molecule has 1 aliphatic heterocycles. The number of anilines is 1. The van der Waals surface area contributed by atoms with Gasteiger partial charge in [-0.05, 0) is 22.3 Å². The smallest absolute Gasteiger partial charge is 0.407 e. The maximum atomic E-state index is 12.5. The highest BCUT2D eigenvalue weighted by molar-refractivity contribution is 6.05. The normalized spacial score (nSPS) is 14.1. The molecule has 0 saturated heterocycles. The molecule has 34 heavy (non-hydrogen) atoms. The molecule has 1 aliphatic carbocycles. The van der Waals surface area contributed by atoms with Gasteiger partial charge in [-0.15, -0.1) is 0 Å². The molecule has 2 N–H and O–H groups in total. The molecular formula is C25H22N4O5. The van der Waals surface area contributed by atoms with Gasteiger partial charge in [-0.2, -0.15) is 5.10 Å². The monoisotopic (exact) mass is 458 g/mol. The lowest BCUT2D eigenvalue weighted by Crippen LogP contribution is -2.29. The molecule has 0 atom stereocenters. The molecule has 2 aromatic carbocycles. The molecule has 3 aromatic rings. The summed E-state index contributed by atoms with van der Waals surface area (Å²) in [6, 6.07) is 16.2. The summed E-state index contributed by atoms with van der Waals surface area (Å²) in [4.78, 5) is 37.5. The van der Waals surface area contributed by atoms with Gasteiger partial charge >= 0.3 is 12.1 Å². The lowest BCUT2D eigenvalue weighted by molar-refractivity contribution is -0.114.